The van der Waals surface area contributed by atoms with Crippen LogP contribution in [0, 0.1) is 45.3 Å². The molecule has 1 aliphatic rings. The molecule has 52 heavy (non-hydrogen) atoms. The number of nitriles is 4. The van der Waals surface area contributed by atoms with E-state index in [1.807, 2.05) is 76.2 Å². The second-order valence-corrected chi connectivity index (χ2v) is 13.0. The lowest BCUT2D eigenvalue weighted by atomic mass is 9.88. The van der Waals surface area contributed by atoms with E-state index in [0.717, 1.165) is 70.2 Å². The molecule has 5 rings (SSSR count). The third-order valence-corrected chi connectivity index (χ3v) is 8.81. The Labute approximate surface area is 307 Å². The van der Waals surface area contributed by atoms with Crippen LogP contribution in [-0.4, -0.2) is 26.4 Å². The topological polar surface area (TPSA) is 132 Å². The summed E-state index contributed by atoms with van der Waals surface area (Å²) in [5, 5.41) is 40.9. The number of nitrogens with zero attached hydrogens (tertiary/aromatic N) is 4. The molecule has 0 heterocycles. The summed E-state index contributed by atoms with van der Waals surface area (Å²) in [7, 11) is 0. The summed E-state index contributed by atoms with van der Waals surface area (Å²) >= 11 is 0. The Hall–Kier alpha value is -5.96. The van der Waals surface area contributed by atoms with Crippen LogP contribution in [0.15, 0.2) is 48.5 Å². The Balaban J connectivity index is 1.91. The van der Waals surface area contributed by atoms with Crippen molar-refractivity contribution in [2.45, 2.75) is 79.1 Å². The summed E-state index contributed by atoms with van der Waals surface area (Å²) in [6.07, 6.45) is 4.48. The van der Waals surface area contributed by atoms with E-state index in [1.54, 1.807) is 0 Å². The smallest absolute Gasteiger partial charge is 0.126 e. The standard InChI is InChI=1S/C44H44N4O4/c1-5-9-49-41-33-13-29(25-45)14-34(41)22-36-16-31(27-47)18-38(43(36)51-11-7-3)24-40-20-32(28-48)19-39(44(40)52-12-8-4)23-37-17-30(26-46)15-35(21-33)42(37)50-10-6-2/h13-20H,5-12,21-24H2,1-4H3. The molecule has 0 aliphatic heterocycles. The van der Waals surface area contributed by atoms with Gasteiger partial charge >= 0.3 is 0 Å². The highest BCUT2D eigenvalue weighted by Gasteiger charge is 2.24. The molecular weight excluding hydrogens is 649 g/mol. The molecule has 0 N–H and O–H groups in total. The van der Waals surface area contributed by atoms with Gasteiger partial charge in [0.15, 0.2) is 0 Å². The SMILES string of the molecule is CCCOc1c2cc(C#N)cc1Cc1cc(C#N)cc(c1OCCC)Cc1cc(C#N)cc(c1OCCC)Cc1cc(C#N)cc(c1OCCC)C2. The minimum Gasteiger partial charge on any atom is -0.493 e. The van der Waals surface area contributed by atoms with Crippen LogP contribution in [0.3, 0.4) is 0 Å². The number of fused-ring (bicyclic) bond motifs is 8. The van der Waals surface area contributed by atoms with Crippen LogP contribution < -0.4 is 18.9 Å². The third-order valence-electron chi connectivity index (χ3n) is 8.81. The minimum absolute atomic E-state index is 0.342. The normalized spacial score (nSPS) is 11.7. The number of rotatable bonds is 12. The van der Waals surface area contributed by atoms with Gasteiger partial charge in [0.1, 0.15) is 23.0 Å². The Kier molecular flexibility index (Phi) is 12.8. The van der Waals surface area contributed by atoms with Crippen LogP contribution in [0.4, 0.5) is 0 Å². The second-order valence-electron chi connectivity index (χ2n) is 13.0. The molecule has 8 heteroatoms. The van der Waals surface area contributed by atoms with E-state index < -0.39 is 0 Å². The molecule has 0 spiro atoms. The molecule has 0 fully saturated rings. The molecular formula is C44H44N4O4. The fraction of sp³-hybridized carbons (Fsp3) is 0.364. The highest BCUT2D eigenvalue weighted by atomic mass is 16.5. The molecule has 4 aromatic carbocycles. The van der Waals surface area contributed by atoms with E-state index >= 15 is 0 Å². The molecule has 0 radical (unpaired) electrons. The molecule has 0 saturated heterocycles. The fourth-order valence-corrected chi connectivity index (χ4v) is 6.71. The first kappa shape index (κ1) is 37.3. The van der Waals surface area contributed by atoms with Crippen LogP contribution in [0.2, 0.25) is 0 Å². The van der Waals surface area contributed by atoms with Gasteiger partial charge in [-0.2, -0.15) is 21.0 Å². The Morgan fingerprint density at radius 3 is 0.673 bits per heavy atom. The van der Waals surface area contributed by atoms with Crippen molar-refractivity contribution in [1.82, 2.24) is 0 Å². The van der Waals surface area contributed by atoms with Gasteiger partial charge in [-0.1, -0.05) is 27.7 Å². The fourth-order valence-electron chi connectivity index (χ4n) is 6.71. The van der Waals surface area contributed by atoms with Crippen LogP contribution in [-0.2, 0) is 25.7 Å². The van der Waals surface area contributed by atoms with Crippen molar-refractivity contribution in [1.29, 1.82) is 21.0 Å². The van der Waals surface area contributed by atoms with Crippen LogP contribution in [0.1, 0.15) is 120 Å². The monoisotopic (exact) mass is 692 g/mol. The van der Waals surface area contributed by atoms with Gasteiger partial charge in [-0.15, -0.1) is 0 Å². The number of ether oxygens (including phenoxy) is 4. The number of hydrogen-bond donors (Lipinski definition) is 0. The Morgan fingerprint density at radius 1 is 0.365 bits per heavy atom. The predicted molar refractivity (Wildman–Crippen MR) is 199 cm³/mol. The van der Waals surface area contributed by atoms with E-state index in [2.05, 4.69) is 24.3 Å². The van der Waals surface area contributed by atoms with Gasteiger partial charge < -0.3 is 18.9 Å². The zero-order chi connectivity index (χ0) is 37.0. The zero-order valence-electron chi connectivity index (χ0n) is 30.5. The van der Waals surface area contributed by atoms with Crippen LogP contribution >= 0.6 is 0 Å². The van der Waals surface area contributed by atoms with Crippen molar-refractivity contribution in [2.24, 2.45) is 0 Å². The van der Waals surface area contributed by atoms with Gasteiger partial charge in [0, 0.05) is 70.2 Å². The second kappa shape index (κ2) is 17.8. The molecule has 1 aliphatic carbocycles. The number of benzene rings is 4. The third kappa shape index (κ3) is 8.49. The number of hydrogen-bond acceptors (Lipinski definition) is 8. The molecule has 8 nitrogen and oxygen atoms in total. The quantitative estimate of drug-likeness (QED) is 0.127. The summed E-state index contributed by atoms with van der Waals surface area (Å²) in [4.78, 5) is 0. The molecule has 4 aromatic rings. The summed E-state index contributed by atoms with van der Waals surface area (Å²) in [5.74, 6) is 2.68. The molecule has 0 aromatic heterocycles. The van der Waals surface area contributed by atoms with E-state index in [0.29, 0.717) is 97.4 Å². The molecule has 0 amide bonds. The van der Waals surface area contributed by atoms with Crippen molar-refractivity contribution in [2.75, 3.05) is 26.4 Å². The lowest BCUT2D eigenvalue weighted by Crippen LogP contribution is -2.11. The van der Waals surface area contributed by atoms with Gasteiger partial charge in [-0.25, -0.2) is 0 Å². The Bertz CT molecular complexity index is 1710. The van der Waals surface area contributed by atoms with Gasteiger partial charge in [0.05, 0.1) is 73.0 Å². The maximum atomic E-state index is 10.2. The summed E-state index contributed by atoms with van der Waals surface area (Å²) < 4.78 is 26.0. The van der Waals surface area contributed by atoms with Gasteiger partial charge in [-0.05, 0) is 74.2 Å². The maximum Gasteiger partial charge on any atom is 0.126 e. The van der Waals surface area contributed by atoms with E-state index in [4.69, 9.17) is 18.9 Å². The van der Waals surface area contributed by atoms with Crippen molar-refractivity contribution < 1.29 is 18.9 Å². The maximum absolute atomic E-state index is 10.2. The average Bonchev–Trinajstić information content (AvgIpc) is 3.15. The molecule has 0 saturated carbocycles. The lowest BCUT2D eigenvalue weighted by molar-refractivity contribution is 0.304. The zero-order valence-corrected chi connectivity index (χ0v) is 30.5. The summed E-state index contributed by atoms with van der Waals surface area (Å²) in [6, 6.07) is 24.2. The van der Waals surface area contributed by atoms with Crippen molar-refractivity contribution in [3.05, 3.63) is 115 Å². The van der Waals surface area contributed by atoms with Crippen molar-refractivity contribution >= 4 is 0 Å². The van der Waals surface area contributed by atoms with E-state index in [9.17, 15) is 21.0 Å². The van der Waals surface area contributed by atoms with Gasteiger partial charge in [0.2, 0.25) is 0 Å². The van der Waals surface area contributed by atoms with Crippen LogP contribution in [0.25, 0.3) is 0 Å². The highest BCUT2D eigenvalue weighted by Crippen LogP contribution is 2.40. The van der Waals surface area contributed by atoms with Crippen molar-refractivity contribution in [3.63, 3.8) is 0 Å². The van der Waals surface area contributed by atoms with Gasteiger partial charge in [-0.3, -0.25) is 0 Å². The highest BCUT2D eigenvalue weighted by molar-refractivity contribution is 5.61. The molecule has 0 unspecified atom stereocenters. The first-order valence-electron chi connectivity index (χ1n) is 18.1. The van der Waals surface area contributed by atoms with Crippen molar-refractivity contribution in [3.8, 4) is 47.3 Å². The first-order valence-corrected chi connectivity index (χ1v) is 18.1. The van der Waals surface area contributed by atoms with E-state index in [-0.39, 0.29) is 0 Å². The predicted octanol–water partition coefficient (Wildman–Crippen LogP) is 9.01. The lowest BCUT2D eigenvalue weighted by Gasteiger charge is -2.23. The minimum atomic E-state index is 0.342. The summed E-state index contributed by atoms with van der Waals surface area (Å²) in [6.45, 7) is 10.1. The summed E-state index contributed by atoms with van der Waals surface area (Å²) in [5.41, 5.74) is 8.29. The average molecular weight is 693 g/mol. The largest absolute Gasteiger partial charge is 0.493 e. The Morgan fingerprint density at radius 2 is 0.538 bits per heavy atom. The van der Waals surface area contributed by atoms with Gasteiger partial charge in [0.25, 0.3) is 0 Å². The van der Waals surface area contributed by atoms with E-state index in [1.165, 1.54) is 0 Å². The molecule has 0 atom stereocenters. The molecule has 264 valence electrons. The molecule has 8 bridgehead atoms. The first-order chi connectivity index (χ1) is 25.4. The van der Waals surface area contributed by atoms with Crippen LogP contribution in [0.5, 0.6) is 23.0 Å².